The fourth-order valence-electron chi connectivity index (χ4n) is 2.48. The molecule has 0 N–H and O–H groups in total. The lowest BCUT2D eigenvalue weighted by atomic mass is 9.95. The molecule has 1 heterocycles. The Morgan fingerprint density at radius 1 is 0.857 bits per heavy atom. The first-order chi connectivity index (χ1) is 10.3. The second-order valence-corrected chi connectivity index (χ2v) is 4.95. The van der Waals surface area contributed by atoms with Crippen molar-refractivity contribution >= 4 is 0 Å². The minimum atomic E-state index is 0.853. The first-order valence-corrected chi connectivity index (χ1v) is 6.95. The molecule has 21 heavy (non-hydrogen) atoms. The lowest BCUT2D eigenvalue weighted by Crippen LogP contribution is -1.92. The van der Waals surface area contributed by atoms with E-state index in [1.54, 1.807) is 7.11 Å². The molecule has 1 aromatic heterocycles. The molecule has 0 unspecified atom stereocenters. The number of aromatic nitrogens is 1. The molecule has 0 saturated heterocycles. The van der Waals surface area contributed by atoms with Gasteiger partial charge in [-0.25, -0.2) is 0 Å². The Bertz CT molecular complexity index is 751. The van der Waals surface area contributed by atoms with Crippen LogP contribution in [0.2, 0.25) is 0 Å². The zero-order chi connectivity index (χ0) is 14.7. The van der Waals surface area contributed by atoms with Gasteiger partial charge < -0.3 is 4.74 Å². The molecule has 0 amide bonds. The van der Waals surface area contributed by atoms with Gasteiger partial charge in [-0.2, -0.15) is 0 Å². The molecule has 0 aliphatic carbocycles. The number of methoxy groups -OCH3 is 1. The summed E-state index contributed by atoms with van der Waals surface area (Å²) in [5.74, 6) is 0.853. The maximum absolute atomic E-state index is 5.38. The van der Waals surface area contributed by atoms with Crippen molar-refractivity contribution in [3.8, 4) is 28.1 Å². The molecule has 0 radical (unpaired) electrons. The van der Waals surface area contributed by atoms with E-state index in [0.29, 0.717) is 0 Å². The molecule has 0 spiro atoms. The van der Waals surface area contributed by atoms with Crippen molar-refractivity contribution in [3.05, 3.63) is 72.4 Å². The Balaban J connectivity index is 2.24. The van der Waals surface area contributed by atoms with Gasteiger partial charge in [-0.3, -0.25) is 4.98 Å². The zero-order valence-electron chi connectivity index (χ0n) is 12.2. The van der Waals surface area contributed by atoms with Crippen LogP contribution in [0.1, 0.15) is 5.56 Å². The van der Waals surface area contributed by atoms with Crippen molar-refractivity contribution in [3.63, 3.8) is 0 Å². The Morgan fingerprint density at radius 3 is 2.38 bits per heavy atom. The van der Waals surface area contributed by atoms with Crippen molar-refractivity contribution in [2.24, 2.45) is 0 Å². The standard InChI is InChI=1S/C19H17NO/c1-14-7-6-12-20-19(14)17-11-10-16(21-2)13-18(17)15-8-4-3-5-9-15/h3-13H,1-2H3. The van der Waals surface area contributed by atoms with Crippen LogP contribution < -0.4 is 4.74 Å². The molecule has 0 atom stereocenters. The highest BCUT2D eigenvalue weighted by Crippen LogP contribution is 2.35. The van der Waals surface area contributed by atoms with E-state index >= 15 is 0 Å². The van der Waals surface area contributed by atoms with E-state index < -0.39 is 0 Å². The molecule has 3 aromatic rings. The highest BCUT2D eigenvalue weighted by atomic mass is 16.5. The van der Waals surface area contributed by atoms with Crippen molar-refractivity contribution in [1.29, 1.82) is 0 Å². The molecule has 2 heteroatoms. The molecule has 0 aliphatic rings. The minimum Gasteiger partial charge on any atom is -0.497 e. The summed E-state index contributed by atoms with van der Waals surface area (Å²) in [7, 11) is 1.69. The fourth-order valence-corrected chi connectivity index (χ4v) is 2.48. The van der Waals surface area contributed by atoms with Crippen LogP contribution in [-0.2, 0) is 0 Å². The summed E-state index contributed by atoms with van der Waals surface area (Å²) in [4.78, 5) is 4.55. The van der Waals surface area contributed by atoms with Gasteiger partial charge in [0, 0.05) is 11.8 Å². The maximum atomic E-state index is 5.38. The molecule has 3 rings (SSSR count). The molecule has 0 bridgehead atoms. The normalized spacial score (nSPS) is 10.4. The van der Waals surface area contributed by atoms with Crippen molar-refractivity contribution in [2.75, 3.05) is 7.11 Å². The number of aryl methyl sites for hydroxylation is 1. The van der Waals surface area contributed by atoms with Crippen LogP contribution in [0.3, 0.4) is 0 Å². The van der Waals surface area contributed by atoms with Gasteiger partial charge in [0.25, 0.3) is 0 Å². The fraction of sp³-hybridized carbons (Fsp3) is 0.105. The summed E-state index contributed by atoms with van der Waals surface area (Å²) in [5, 5.41) is 0. The van der Waals surface area contributed by atoms with E-state index in [2.05, 4.69) is 42.2 Å². The summed E-state index contributed by atoms with van der Waals surface area (Å²) in [6.07, 6.45) is 1.83. The van der Waals surface area contributed by atoms with Crippen molar-refractivity contribution in [2.45, 2.75) is 6.92 Å². The van der Waals surface area contributed by atoms with Gasteiger partial charge >= 0.3 is 0 Å². The second-order valence-electron chi connectivity index (χ2n) is 4.95. The van der Waals surface area contributed by atoms with E-state index in [9.17, 15) is 0 Å². The first kappa shape index (κ1) is 13.4. The third-order valence-electron chi connectivity index (χ3n) is 3.58. The minimum absolute atomic E-state index is 0.853. The molecule has 0 fully saturated rings. The van der Waals surface area contributed by atoms with Crippen LogP contribution in [0.4, 0.5) is 0 Å². The predicted molar refractivity (Wildman–Crippen MR) is 86.4 cm³/mol. The molecule has 0 saturated carbocycles. The summed E-state index contributed by atoms with van der Waals surface area (Å²) in [5.41, 5.74) is 5.60. The monoisotopic (exact) mass is 275 g/mol. The maximum Gasteiger partial charge on any atom is 0.119 e. The molecule has 2 aromatic carbocycles. The van der Waals surface area contributed by atoms with Crippen LogP contribution >= 0.6 is 0 Å². The third-order valence-corrected chi connectivity index (χ3v) is 3.58. The predicted octanol–water partition coefficient (Wildman–Crippen LogP) is 4.73. The SMILES string of the molecule is COc1ccc(-c2ncccc2C)c(-c2ccccc2)c1. The Morgan fingerprint density at radius 2 is 1.67 bits per heavy atom. The average Bonchev–Trinajstić information content (AvgIpc) is 2.56. The van der Waals surface area contributed by atoms with Crippen LogP contribution in [-0.4, -0.2) is 12.1 Å². The number of rotatable bonds is 3. The number of pyridine rings is 1. The lowest BCUT2D eigenvalue weighted by molar-refractivity contribution is 0.415. The largest absolute Gasteiger partial charge is 0.497 e. The van der Waals surface area contributed by atoms with Crippen LogP contribution in [0.5, 0.6) is 5.75 Å². The van der Waals surface area contributed by atoms with E-state index in [1.807, 2.05) is 36.5 Å². The summed E-state index contributed by atoms with van der Waals surface area (Å²) < 4.78 is 5.38. The number of ether oxygens (including phenoxy) is 1. The van der Waals surface area contributed by atoms with Gasteiger partial charge in [0.15, 0.2) is 0 Å². The summed E-state index contributed by atoms with van der Waals surface area (Å²) in [6, 6.07) is 20.5. The topological polar surface area (TPSA) is 22.1 Å². The third kappa shape index (κ3) is 2.65. The summed E-state index contributed by atoms with van der Waals surface area (Å²) in [6.45, 7) is 2.08. The quantitative estimate of drug-likeness (QED) is 0.689. The Labute approximate surface area is 125 Å². The molecule has 0 aliphatic heterocycles. The molecule has 2 nitrogen and oxygen atoms in total. The van der Waals surface area contributed by atoms with Crippen LogP contribution in [0.25, 0.3) is 22.4 Å². The van der Waals surface area contributed by atoms with E-state index in [0.717, 1.165) is 28.1 Å². The molecule has 104 valence electrons. The average molecular weight is 275 g/mol. The smallest absolute Gasteiger partial charge is 0.119 e. The van der Waals surface area contributed by atoms with Crippen molar-refractivity contribution in [1.82, 2.24) is 4.98 Å². The Kier molecular flexibility index (Phi) is 3.69. The number of hydrogen-bond donors (Lipinski definition) is 0. The summed E-state index contributed by atoms with van der Waals surface area (Å²) >= 11 is 0. The van der Waals surface area contributed by atoms with Gasteiger partial charge in [-0.05, 0) is 47.9 Å². The van der Waals surface area contributed by atoms with E-state index in [-0.39, 0.29) is 0 Å². The number of hydrogen-bond acceptors (Lipinski definition) is 2. The van der Waals surface area contributed by atoms with Crippen LogP contribution in [0, 0.1) is 6.92 Å². The van der Waals surface area contributed by atoms with Crippen LogP contribution in [0.15, 0.2) is 66.9 Å². The number of benzene rings is 2. The number of nitrogens with zero attached hydrogens (tertiary/aromatic N) is 1. The van der Waals surface area contributed by atoms with Crippen molar-refractivity contribution < 1.29 is 4.74 Å². The van der Waals surface area contributed by atoms with Gasteiger partial charge in [0.05, 0.1) is 12.8 Å². The lowest BCUT2D eigenvalue weighted by Gasteiger charge is -2.13. The van der Waals surface area contributed by atoms with Gasteiger partial charge in [0.1, 0.15) is 5.75 Å². The van der Waals surface area contributed by atoms with E-state index in [4.69, 9.17) is 4.74 Å². The highest BCUT2D eigenvalue weighted by molar-refractivity contribution is 5.84. The molecular formula is C19H17NO. The van der Waals surface area contributed by atoms with Gasteiger partial charge in [-0.15, -0.1) is 0 Å². The molecular weight excluding hydrogens is 258 g/mol. The first-order valence-electron chi connectivity index (χ1n) is 6.95. The second kappa shape index (κ2) is 5.80. The highest BCUT2D eigenvalue weighted by Gasteiger charge is 2.11. The van der Waals surface area contributed by atoms with Gasteiger partial charge in [0.2, 0.25) is 0 Å². The Hall–Kier alpha value is -2.61. The zero-order valence-corrected chi connectivity index (χ0v) is 12.2. The van der Waals surface area contributed by atoms with E-state index in [1.165, 1.54) is 5.56 Å². The van der Waals surface area contributed by atoms with Gasteiger partial charge in [-0.1, -0.05) is 36.4 Å².